The third-order valence-electron chi connectivity index (χ3n) is 3.31. The van der Waals surface area contributed by atoms with Crippen LogP contribution in [0.4, 0.5) is 0 Å². The molecule has 3 rings (SSSR count). The summed E-state index contributed by atoms with van der Waals surface area (Å²) in [6.07, 6.45) is 0. The maximum atomic E-state index is 11.3. The van der Waals surface area contributed by atoms with Crippen molar-refractivity contribution in [1.29, 1.82) is 0 Å². The number of benzene rings is 3. The lowest BCUT2D eigenvalue weighted by atomic mass is 10.0. The zero-order valence-electron chi connectivity index (χ0n) is 11.8. The Morgan fingerprint density at radius 3 is 2.05 bits per heavy atom. The predicted molar refractivity (Wildman–Crippen MR) is 85.4 cm³/mol. The van der Waals surface area contributed by atoms with Gasteiger partial charge in [-0.3, -0.25) is 0 Å². The molecule has 0 heterocycles. The summed E-state index contributed by atoms with van der Waals surface area (Å²) in [7, 11) is 0. The molecule has 3 nitrogen and oxygen atoms in total. The van der Waals surface area contributed by atoms with Crippen LogP contribution < -0.4 is 4.74 Å². The Morgan fingerprint density at radius 2 is 1.32 bits per heavy atom. The number of para-hydroxylation sites is 2. The Hall–Kier alpha value is -3.07. The van der Waals surface area contributed by atoms with E-state index in [9.17, 15) is 9.90 Å². The van der Waals surface area contributed by atoms with E-state index < -0.39 is 5.97 Å². The van der Waals surface area contributed by atoms with E-state index in [4.69, 9.17) is 4.74 Å². The van der Waals surface area contributed by atoms with Gasteiger partial charge in [-0.05, 0) is 23.8 Å². The van der Waals surface area contributed by atoms with Crippen molar-refractivity contribution in [1.82, 2.24) is 0 Å². The Kier molecular flexibility index (Phi) is 3.88. The highest BCUT2D eigenvalue weighted by Crippen LogP contribution is 2.34. The maximum absolute atomic E-state index is 11.3. The number of carboxylic acids is 1. The monoisotopic (exact) mass is 290 g/mol. The lowest BCUT2D eigenvalue weighted by Crippen LogP contribution is -2.00. The second-order valence-corrected chi connectivity index (χ2v) is 4.77. The fourth-order valence-electron chi connectivity index (χ4n) is 2.26. The first-order valence-corrected chi connectivity index (χ1v) is 6.90. The van der Waals surface area contributed by atoms with Crippen LogP contribution in [0.25, 0.3) is 11.1 Å². The van der Waals surface area contributed by atoms with E-state index in [0.717, 1.165) is 11.1 Å². The van der Waals surface area contributed by atoms with Gasteiger partial charge in [0.2, 0.25) is 0 Å². The highest BCUT2D eigenvalue weighted by molar-refractivity contribution is 5.91. The largest absolute Gasteiger partial charge is 0.478 e. The number of aromatic carboxylic acids is 1. The van der Waals surface area contributed by atoms with E-state index in [1.54, 1.807) is 18.2 Å². The van der Waals surface area contributed by atoms with Crippen LogP contribution in [0.15, 0.2) is 78.9 Å². The van der Waals surface area contributed by atoms with Crippen molar-refractivity contribution in [2.24, 2.45) is 0 Å². The number of rotatable bonds is 4. The molecule has 3 aromatic carbocycles. The average Bonchev–Trinajstić information content (AvgIpc) is 2.56. The molecule has 0 radical (unpaired) electrons. The van der Waals surface area contributed by atoms with Crippen molar-refractivity contribution in [3.63, 3.8) is 0 Å². The van der Waals surface area contributed by atoms with Gasteiger partial charge in [-0.2, -0.15) is 0 Å². The van der Waals surface area contributed by atoms with Crippen molar-refractivity contribution >= 4 is 5.97 Å². The Bertz CT molecular complexity index is 795. The molecule has 0 fully saturated rings. The highest BCUT2D eigenvalue weighted by atomic mass is 16.5. The molecule has 0 aliphatic rings. The molecule has 0 amide bonds. The zero-order chi connectivity index (χ0) is 15.4. The van der Waals surface area contributed by atoms with Crippen LogP contribution in [0, 0.1) is 0 Å². The summed E-state index contributed by atoms with van der Waals surface area (Å²) < 4.78 is 5.88. The quantitative estimate of drug-likeness (QED) is 0.747. The van der Waals surface area contributed by atoms with Crippen LogP contribution >= 0.6 is 0 Å². The standard InChI is InChI=1S/C19H14O3/c20-19(21)16-11-5-7-13-18(16)22-17-12-6-4-10-15(17)14-8-2-1-3-9-14/h1-13H,(H,20,21). The molecule has 22 heavy (non-hydrogen) atoms. The first-order valence-electron chi connectivity index (χ1n) is 6.90. The van der Waals surface area contributed by atoms with Gasteiger partial charge in [0.25, 0.3) is 0 Å². The van der Waals surface area contributed by atoms with E-state index in [2.05, 4.69) is 0 Å². The number of carbonyl (C=O) groups is 1. The summed E-state index contributed by atoms with van der Waals surface area (Å²) >= 11 is 0. The van der Waals surface area contributed by atoms with Gasteiger partial charge in [0.15, 0.2) is 0 Å². The molecule has 1 N–H and O–H groups in total. The third kappa shape index (κ3) is 2.83. The number of hydrogen-bond acceptors (Lipinski definition) is 2. The van der Waals surface area contributed by atoms with Gasteiger partial charge in [-0.1, -0.05) is 60.7 Å². The van der Waals surface area contributed by atoms with Gasteiger partial charge >= 0.3 is 5.97 Å². The van der Waals surface area contributed by atoms with Gasteiger partial charge < -0.3 is 9.84 Å². The first kappa shape index (κ1) is 13.9. The molecule has 3 heteroatoms. The van der Waals surface area contributed by atoms with Gasteiger partial charge in [-0.15, -0.1) is 0 Å². The van der Waals surface area contributed by atoms with E-state index in [1.165, 1.54) is 6.07 Å². The molecule has 0 aliphatic carbocycles. The van der Waals surface area contributed by atoms with Crippen LogP contribution in [0.5, 0.6) is 11.5 Å². The van der Waals surface area contributed by atoms with Crippen molar-refractivity contribution in [2.45, 2.75) is 0 Å². The van der Waals surface area contributed by atoms with Crippen molar-refractivity contribution < 1.29 is 14.6 Å². The first-order chi connectivity index (χ1) is 10.8. The molecule has 0 unspecified atom stereocenters. The minimum atomic E-state index is -1.01. The summed E-state index contributed by atoms with van der Waals surface area (Å²) in [4.78, 5) is 11.3. The van der Waals surface area contributed by atoms with Crippen molar-refractivity contribution in [2.75, 3.05) is 0 Å². The fourth-order valence-corrected chi connectivity index (χ4v) is 2.26. The number of ether oxygens (including phenoxy) is 1. The summed E-state index contributed by atoms with van der Waals surface area (Å²) in [5, 5.41) is 9.25. The minimum absolute atomic E-state index is 0.144. The van der Waals surface area contributed by atoms with Crippen molar-refractivity contribution in [3.8, 4) is 22.6 Å². The molecule has 0 spiro atoms. The van der Waals surface area contributed by atoms with Crippen molar-refractivity contribution in [3.05, 3.63) is 84.4 Å². The van der Waals surface area contributed by atoms with Crippen LogP contribution in [0.1, 0.15) is 10.4 Å². The molecular formula is C19H14O3. The molecule has 0 saturated carbocycles. The van der Waals surface area contributed by atoms with Crippen LogP contribution in [-0.2, 0) is 0 Å². The van der Waals surface area contributed by atoms with Gasteiger partial charge in [0.1, 0.15) is 17.1 Å². The molecular weight excluding hydrogens is 276 g/mol. The lowest BCUT2D eigenvalue weighted by Gasteiger charge is -2.12. The van der Waals surface area contributed by atoms with Gasteiger partial charge in [-0.25, -0.2) is 4.79 Å². The minimum Gasteiger partial charge on any atom is -0.478 e. The normalized spacial score (nSPS) is 10.2. The zero-order valence-corrected chi connectivity index (χ0v) is 11.8. The molecule has 0 bridgehead atoms. The fraction of sp³-hybridized carbons (Fsp3) is 0. The second kappa shape index (κ2) is 6.14. The van der Waals surface area contributed by atoms with E-state index in [0.29, 0.717) is 11.5 Å². The highest BCUT2D eigenvalue weighted by Gasteiger charge is 2.13. The third-order valence-corrected chi connectivity index (χ3v) is 3.31. The number of carboxylic acid groups (broad SMARTS) is 1. The van der Waals surface area contributed by atoms with E-state index in [1.807, 2.05) is 54.6 Å². The van der Waals surface area contributed by atoms with Gasteiger partial charge in [0.05, 0.1) is 0 Å². The maximum Gasteiger partial charge on any atom is 0.339 e. The topological polar surface area (TPSA) is 46.5 Å². The average molecular weight is 290 g/mol. The molecule has 3 aromatic rings. The lowest BCUT2D eigenvalue weighted by molar-refractivity contribution is 0.0694. The molecule has 0 aliphatic heterocycles. The Labute approximate surface area is 128 Å². The summed E-state index contributed by atoms with van der Waals surface area (Å²) in [5.41, 5.74) is 2.08. The summed E-state index contributed by atoms with van der Waals surface area (Å²) in [5.74, 6) is -0.0476. The van der Waals surface area contributed by atoms with E-state index >= 15 is 0 Å². The summed E-state index contributed by atoms with van der Waals surface area (Å²) in [6.45, 7) is 0. The Balaban J connectivity index is 2.03. The van der Waals surface area contributed by atoms with Crippen LogP contribution in [-0.4, -0.2) is 11.1 Å². The molecule has 0 saturated heterocycles. The smallest absolute Gasteiger partial charge is 0.339 e. The second-order valence-electron chi connectivity index (χ2n) is 4.77. The van der Waals surface area contributed by atoms with E-state index in [-0.39, 0.29) is 5.56 Å². The SMILES string of the molecule is O=C(O)c1ccccc1Oc1ccccc1-c1ccccc1. The van der Waals surface area contributed by atoms with Gasteiger partial charge in [0, 0.05) is 5.56 Å². The van der Waals surface area contributed by atoms with Crippen LogP contribution in [0.3, 0.4) is 0 Å². The Morgan fingerprint density at radius 1 is 0.727 bits per heavy atom. The predicted octanol–water partition coefficient (Wildman–Crippen LogP) is 4.84. The molecule has 0 atom stereocenters. The summed E-state index contributed by atoms with van der Waals surface area (Å²) in [6, 6.07) is 24.1. The number of hydrogen-bond donors (Lipinski definition) is 1. The molecule has 108 valence electrons. The molecule has 0 aromatic heterocycles. The van der Waals surface area contributed by atoms with Crippen LogP contribution in [0.2, 0.25) is 0 Å².